The molecule has 0 aliphatic heterocycles. The predicted octanol–water partition coefficient (Wildman–Crippen LogP) is 1.95. The number of nitrogens with one attached hydrogen (secondary N) is 1. The Morgan fingerprint density at radius 3 is 2.71 bits per heavy atom. The van der Waals surface area contributed by atoms with Gasteiger partial charge in [0.1, 0.15) is 5.69 Å². The molecule has 2 rings (SSSR count). The summed E-state index contributed by atoms with van der Waals surface area (Å²) in [4.78, 5) is 12.8. The lowest BCUT2D eigenvalue weighted by Gasteiger charge is -2.30. The molecule has 0 aromatic carbocycles. The predicted molar refractivity (Wildman–Crippen MR) is 87.2 cm³/mol. The van der Waals surface area contributed by atoms with E-state index in [1.807, 2.05) is 13.0 Å². The minimum Gasteiger partial charge on any atom is -0.392 e. The Hall–Kier alpha value is -1.43. The number of hydrogen-bond acceptors (Lipinski definition) is 3. The zero-order valence-electron chi connectivity index (χ0n) is 12.8. The SMILES string of the molecule is CCc1cc(C(=O)NC(C(N)=S)C2CCCCC2)n(C)n1. The molecular formula is C15H24N4OS. The van der Waals surface area contributed by atoms with Gasteiger partial charge in [0.15, 0.2) is 0 Å². The van der Waals surface area contributed by atoms with E-state index in [1.54, 1.807) is 11.7 Å². The van der Waals surface area contributed by atoms with Crippen molar-refractivity contribution in [1.29, 1.82) is 0 Å². The van der Waals surface area contributed by atoms with E-state index in [9.17, 15) is 4.79 Å². The topological polar surface area (TPSA) is 72.9 Å². The molecule has 1 unspecified atom stereocenters. The quantitative estimate of drug-likeness (QED) is 0.816. The van der Waals surface area contributed by atoms with Gasteiger partial charge in [-0.25, -0.2) is 0 Å². The van der Waals surface area contributed by atoms with Crippen LogP contribution in [0.15, 0.2) is 6.07 Å². The van der Waals surface area contributed by atoms with Crippen LogP contribution < -0.4 is 11.1 Å². The highest BCUT2D eigenvalue weighted by atomic mass is 32.1. The maximum Gasteiger partial charge on any atom is 0.270 e. The summed E-state index contributed by atoms with van der Waals surface area (Å²) < 4.78 is 1.62. The van der Waals surface area contributed by atoms with Crippen LogP contribution in [0.5, 0.6) is 0 Å². The van der Waals surface area contributed by atoms with Crippen LogP contribution in [-0.2, 0) is 13.5 Å². The number of carbonyl (C=O) groups is 1. The Balaban J connectivity index is 2.10. The Morgan fingerprint density at radius 1 is 1.52 bits per heavy atom. The van der Waals surface area contributed by atoms with Crippen molar-refractivity contribution in [3.05, 3.63) is 17.5 Å². The van der Waals surface area contributed by atoms with Crippen molar-refractivity contribution in [3.63, 3.8) is 0 Å². The zero-order chi connectivity index (χ0) is 15.4. The summed E-state index contributed by atoms with van der Waals surface area (Å²) in [5, 5.41) is 7.32. The highest BCUT2D eigenvalue weighted by Crippen LogP contribution is 2.26. The summed E-state index contributed by atoms with van der Waals surface area (Å²) in [6.07, 6.45) is 6.59. The first kappa shape index (κ1) is 15.9. The normalized spacial score (nSPS) is 17.4. The number of aromatic nitrogens is 2. The highest BCUT2D eigenvalue weighted by Gasteiger charge is 2.28. The first-order valence-corrected chi connectivity index (χ1v) is 8.06. The third kappa shape index (κ3) is 3.81. The monoisotopic (exact) mass is 308 g/mol. The van der Waals surface area contributed by atoms with Crippen LogP contribution >= 0.6 is 12.2 Å². The molecule has 0 saturated heterocycles. The lowest BCUT2D eigenvalue weighted by atomic mass is 9.84. The van der Waals surface area contributed by atoms with Gasteiger partial charge < -0.3 is 11.1 Å². The van der Waals surface area contributed by atoms with Crippen molar-refractivity contribution in [3.8, 4) is 0 Å². The fourth-order valence-electron chi connectivity index (χ4n) is 3.02. The lowest BCUT2D eigenvalue weighted by Crippen LogP contribution is -2.49. The molecule has 1 atom stereocenters. The number of rotatable bonds is 5. The van der Waals surface area contributed by atoms with Gasteiger partial charge in [0.25, 0.3) is 5.91 Å². The molecule has 5 nitrogen and oxygen atoms in total. The van der Waals surface area contributed by atoms with Gasteiger partial charge in [0, 0.05) is 7.05 Å². The second kappa shape index (κ2) is 7.02. The third-order valence-corrected chi connectivity index (χ3v) is 4.49. The number of aryl methyl sites for hydroxylation is 2. The Kier molecular flexibility index (Phi) is 5.33. The van der Waals surface area contributed by atoms with E-state index >= 15 is 0 Å². The lowest BCUT2D eigenvalue weighted by molar-refractivity contribution is 0.0922. The average molecular weight is 308 g/mol. The van der Waals surface area contributed by atoms with Crippen molar-refractivity contribution >= 4 is 23.1 Å². The molecule has 1 amide bonds. The molecule has 1 saturated carbocycles. The summed E-state index contributed by atoms with van der Waals surface area (Å²) in [6.45, 7) is 2.02. The number of amides is 1. The maximum absolute atomic E-state index is 12.5. The molecule has 1 aliphatic rings. The van der Waals surface area contributed by atoms with E-state index < -0.39 is 0 Å². The molecule has 116 valence electrons. The molecule has 1 heterocycles. The van der Waals surface area contributed by atoms with Crippen molar-refractivity contribution in [2.45, 2.75) is 51.5 Å². The van der Waals surface area contributed by atoms with E-state index in [0.717, 1.165) is 25.0 Å². The van der Waals surface area contributed by atoms with Crippen molar-refractivity contribution in [2.75, 3.05) is 0 Å². The molecule has 1 fully saturated rings. The minimum atomic E-state index is -0.215. The van der Waals surface area contributed by atoms with Crippen molar-refractivity contribution in [2.24, 2.45) is 18.7 Å². The van der Waals surface area contributed by atoms with E-state index in [0.29, 0.717) is 16.6 Å². The van der Waals surface area contributed by atoms with Crippen molar-refractivity contribution < 1.29 is 4.79 Å². The van der Waals surface area contributed by atoms with E-state index in [2.05, 4.69) is 10.4 Å². The molecule has 0 spiro atoms. The maximum atomic E-state index is 12.5. The van der Waals surface area contributed by atoms with Gasteiger partial charge in [0.2, 0.25) is 0 Å². The van der Waals surface area contributed by atoms with Gasteiger partial charge in [-0.2, -0.15) is 5.10 Å². The van der Waals surface area contributed by atoms with Crippen LogP contribution in [0.2, 0.25) is 0 Å². The van der Waals surface area contributed by atoms with Gasteiger partial charge in [-0.1, -0.05) is 38.4 Å². The first-order valence-electron chi connectivity index (χ1n) is 7.66. The summed E-state index contributed by atoms with van der Waals surface area (Å²) in [6, 6.07) is 1.61. The molecule has 0 bridgehead atoms. The Bertz CT molecular complexity index is 520. The van der Waals surface area contributed by atoms with Crippen molar-refractivity contribution in [1.82, 2.24) is 15.1 Å². The van der Waals surface area contributed by atoms with E-state index in [4.69, 9.17) is 18.0 Å². The smallest absolute Gasteiger partial charge is 0.270 e. The highest BCUT2D eigenvalue weighted by molar-refractivity contribution is 7.80. The molecule has 1 aliphatic carbocycles. The van der Waals surface area contributed by atoms with Crippen LogP contribution in [0.1, 0.15) is 55.2 Å². The summed E-state index contributed by atoms with van der Waals surface area (Å²) in [5.41, 5.74) is 7.33. The molecule has 3 N–H and O–H groups in total. The van der Waals surface area contributed by atoms with Gasteiger partial charge in [0.05, 0.1) is 16.7 Å². The number of carbonyl (C=O) groups excluding carboxylic acids is 1. The second-order valence-corrected chi connectivity index (χ2v) is 6.22. The average Bonchev–Trinajstić information content (AvgIpc) is 2.86. The van der Waals surface area contributed by atoms with Crippen LogP contribution in [0.3, 0.4) is 0 Å². The fourth-order valence-corrected chi connectivity index (χ4v) is 3.27. The van der Waals surface area contributed by atoms with Gasteiger partial charge in [-0.15, -0.1) is 0 Å². The summed E-state index contributed by atoms with van der Waals surface area (Å²) in [7, 11) is 1.78. The number of hydrogen-bond donors (Lipinski definition) is 2. The van der Waals surface area contributed by atoms with Gasteiger partial charge in [-0.05, 0) is 31.2 Å². The second-order valence-electron chi connectivity index (χ2n) is 5.75. The molecular weight excluding hydrogens is 284 g/mol. The fraction of sp³-hybridized carbons (Fsp3) is 0.667. The summed E-state index contributed by atoms with van der Waals surface area (Å²) in [5.74, 6) is 0.215. The van der Waals surface area contributed by atoms with E-state index in [1.165, 1.54) is 19.3 Å². The molecule has 0 radical (unpaired) electrons. The summed E-state index contributed by atoms with van der Waals surface area (Å²) >= 11 is 5.17. The molecule has 21 heavy (non-hydrogen) atoms. The third-order valence-electron chi connectivity index (χ3n) is 4.24. The largest absolute Gasteiger partial charge is 0.392 e. The Labute approximate surface area is 131 Å². The molecule has 1 aromatic heterocycles. The standard InChI is InChI=1S/C15H24N4OS/c1-3-11-9-12(19(2)18-11)15(20)17-13(14(16)21)10-7-5-4-6-8-10/h9-10,13H,3-8H2,1-2H3,(H2,16,21)(H,17,20). The van der Waals surface area contributed by atoms with Crippen LogP contribution in [0, 0.1) is 5.92 Å². The number of thiocarbonyl (C=S) groups is 1. The van der Waals surface area contributed by atoms with Crippen LogP contribution in [0.4, 0.5) is 0 Å². The van der Waals surface area contributed by atoms with Gasteiger partial charge in [-0.3, -0.25) is 9.48 Å². The molecule has 6 heteroatoms. The van der Waals surface area contributed by atoms with Gasteiger partial charge >= 0.3 is 0 Å². The molecule has 1 aromatic rings. The minimum absolute atomic E-state index is 0.145. The van der Waals surface area contributed by atoms with Crippen LogP contribution in [-0.4, -0.2) is 26.7 Å². The van der Waals surface area contributed by atoms with E-state index in [-0.39, 0.29) is 11.9 Å². The van der Waals surface area contributed by atoms with Crippen LogP contribution in [0.25, 0.3) is 0 Å². The number of nitrogens with two attached hydrogens (primary N) is 1. The number of nitrogens with zero attached hydrogens (tertiary/aromatic N) is 2. The zero-order valence-corrected chi connectivity index (χ0v) is 13.6. The first-order chi connectivity index (χ1) is 10.0. The Morgan fingerprint density at radius 2 is 2.19 bits per heavy atom.